The molecule has 0 saturated heterocycles. The van der Waals surface area contributed by atoms with Crippen LogP contribution in [-0.2, 0) is 47.9 Å². The van der Waals surface area contributed by atoms with E-state index in [1.165, 1.54) is 70.4 Å². The maximum Gasteiger partial charge on any atom is 0.313 e. The second-order valence-corrected chi connectivity index (χ2v) is 44.4. The fourth-order valence-electron chi connectivity index (χ4n) is 10.6. The molecule has 6 aromatic rings. The van der Waals surface area contributed by atoms with Crippen molar-refractivity contribution >= 4 is 200 Å². The van der Waals surface area contributed by atoms with E-state index in [4.69, 9.17) is 118 Å². The molecule has 0 atom stereocenters. The summed E-state index contributed by atoms with van der Waals surface area (Å²) in [6.07, 6.45) is 0.795. The Morgan fingerprint density at radius 2 is 0.444 bits per heavy atom. The summed E-state index contributed by atoms with van der Waals surface area (Å²) in [5.74, 6) is 0.187. The van der Waals surface area contributed by atoms with E-state index < -0.39 is 47.8 Å². The van der Waals surface area contributed by atoms with Crippen LogP contribution in [0.1, 0.15) is 159 Å². The van der Waals surface area contributed by atoms with E-state index in [2.05, 4.69) is 82.7 Å². The van der Waals surface area contributed by atoms with Gasteiger partial charge < -0.3 is 57.0 Å². The van der Waals surface area contributed by atoms with Crippen molar-refractivity contribution in [3.05, 3.63) is 212 Å². The summed E-state index contributed by atoms with van der Waals surface area (Å²) in [5, 5.41) is 54.4. The quantitative estimate of drug-likeness (QED) is 0.0211. The van der Waals surface area contributed by atoms with Crippen LogP contribution in [0.4, 0.5) is 0 Å². The van der Waals surface area contributed by atoms with Crippen LogP contribution in [0.2, 0.25) is 0 Å². The molecule has 0 amide bonds. The number of allylic oxidation sites excluding steroid dienone is 6. The highest BCUT2D eigenvalue weighted by Gasteiger charge is 2.37. The van der Waals surface area contributed by atoms with Crippen molar-refractivity contribution < 1.29 is 95.3 Å². The molecule has 44 heteroatoms. The van der Waals surface area contributed by atoms with Crippen LogP contribution in [0.5, 0.6) is 57.5 Å². The van der Waals surface area contributed by atoms with Gasteiger partial charge >= 0.3 is 47.8 Å². The number of benzene rings is 6. The number of nitriles is 6. The average molecular weight is 2160 g/mol. The second kappa shape index (κ2) is 57.7. The van der Waals surface area contributed by atoms with E-state index in [0.29, 0.717) is 120 Å². The number of rotatable bonds is 26. The third kappa shape index (κ3) is 32.8. The van der Waals surface area contributed by atoms with Crippen LogP contribution in [0.15, 0.2) is 191 Å². The number of Topliss-reactive ketones (excluding diaryl/α,β-unsaturated/α-hetero) is 2. The van der Waals surface area contributed by atoms with Gasteiger partial charge in [-0.3, -0.25) is 38.4 Å². The van der Waals surface area contributed by atoms with Crippen molar-refractivity contribution in [2.45, 2.75) is 221 Å². The zero-order valence-electron chi connectivity index (χ0n) is 79.7. The molecule has 0 N–H and O–H groups in total. The molecule has 6 aromatic carbocycles. The third-order valence-corrected chi connectivity index (χ3v) is 33.8. The van der Waals surface area contributed by atoms with Gasteiger partial charge in [0, 0.05) is 48.3 Å². The molecule has 0 aromatic heterocycles. The summed E-state index contributed by atoms with van der Waals surface area (Å²) in [5.41, 5.74) is 2.42. The molecule has 0 radical (unpaired) electrons. The molecule has 0 aliphatic carbocycles. The summed E-state index contributed by atoms with van der Waals surface area (Å²) in [4.78, 5) is 144. The molecule has 6 aliphatic heterocycles. The average Bonchev–Trinajstić information content (AvgIpc) is 1.71. The number of hydrogen-bond acceptors (Lipinski definition) is 38. The first-order valence-corrected chi connectivity index (χ1v) is 52.6. The Morgan fingerprint density at radius 1 is 0.271 bits per heavy atom. The van der Waals surface area contributed by atoms with Crippen molar-refractivity contribution in [1.82, 2.24) is 0 Å². The molecule has 6 aliphatic rings. The molecule has 12 rings (SSSR count). The van der Waals surface area contributed by atoms with Crippen molar-refractivity contribution in [2.24, 2.45) is 23.7 Å². The summed E-state index contributed by atoms with van der Waals surface area (Å²) in [6, 6.07) is 31.4. The minimum atomic E-state index is -0.604. The molecule has 0 fully saturated rings. The lowest BCUT2D eigenvalue weighted by atomic mass is 10.2. The number of carbonyl (C=O) groups excluding carboxylic acids is 10. The molecule has 0 bridgehead atoms. The Balaban J connectivity index is 0.000000236. The number of carbonyl (C=O) groups is 10. The largest absolute Gasteiger partial charge is 0.492 e. The van der Waals surface area contributed by atoms with Crippen LogP contribution in [0.3, 0.4) is 0 Å². The molecule has 144 heavy (non-hydrogen) atoms. The van der Waals surface area contributed by atoms with Crippen molar-refractivity contribution in [3.8, 4) is 93.9 Å². The monoisotopic (exact) mass is 2160 g/mol. The van der Waals surface area contributed by atoms with Crippen molar-refractivity contribution in [2.75, 3.05) is 13.2 Å². The Labute approximate surface area is 883 Å². The lowest BCUT2D eigenvalue weighted by Gasteiger charge is -2.15. The Bertz CT molecular complexity index is 6430. The molecular formula is C100H84N12O20S12. The number of thioether (sulfide) groups is 12. The number of fused-ring (bicyclic) bond motifs is 6. The Morgan fingerprint density at radius 3 is 0.611 bits per heavy atom. The zero-order chi connectivity index (χ0) is 106. The van der Waals surface area contributed by atoms with E-state index in [0.717, 1.165) is 120 Å². The SMILES string of the molecule is [C-]#[N+]C(C#N)=C1Sc2c(C)ccc(C)c2S1.[C-]#[N+]C(C#N)=C1Sc2c(OC(=O)C(C)C)ccc(OC(=O)C(C)C)c2S1.[C-]#[N+]C(C#N)=C1Sc2c(OC(=O)CC)ccc(OC(=O)CC)c2S1.[C-]#[N+]C(C#N)=C1Sc2c(OC(=O)CC)ccc(OC(=O)CC)c2S1.[C-]#[N+]C(C#N)=C1Sc2c(OC(=O)CCC(C)=O)ccc(OC(=O)CCC(C)=O)c2S1.[C-]#[N+]C(C#N)=C1Sc2c(OCC(C)C)ccc(OCC(C)C)c2S1. The van der Waals surface area contributed by atoms with Gasteiger partial charge in [-0.2, -0.15) is 0 Å². The van der Waals surface area contributed by atoms with Crippen LogP contribution in [0.25, 0.3) is 29.1 Å². The Hall–Kier alpha value is -13.5. The number of esters is 8. The number of aryl methyl sites for hydroxylation is 2. The van der Waals surface area contributed by atoms with E-state index in [1.807, 2.05) is 48.5 Å². The van der Waals surface area contributed by atoms with Crippen LogP contribution < -0.4 is 47.4 Å². The number of hydrogen-bond donors (Lipinski definition) is 0. The maximum atomic E-state index is 12.0. The van der Waals surface area contributed by atoms with Crippen molar-refractivity contribution in [1.29, 1.82) is 31.6 Å². The lowest BCUT2D eigenvalue weighted by molar-refractivity contribution is -0.139. The number of nitrogens with zero attached hydrogens (tertiary/aromatic N) is 12. The molecule has 0 spiro atoms. The first kappa shape index (κ1) is 117. The van der Waals surface area contributed by atoms with E-state index in [1.54, 1.807) is 115 Å². The molecular weight excluding hydrogens is 2070 g/mol. The maximum absolute atomic E-state index is 12.0. The summed E-state index contributed by atoms with van der Waals surface area (Å²) < 4.78 is 57.8. The summed E-state index contributed by atoms with van der Waals surface area (Å²) in [7, 11) is 0. The molecule has 0 unspecified atom stereocenters. The predicted molar refractivity (Wildman–Crippen MR) is 550 cm³/mol. The Kier molecular flexibility index (Phi) is 47.1. The van der Waals surface area contributed by atoms with Gasteiger partial charge in [0.2, 0.25) is 0 Å². The van der Waals surface area contributed by atoms with Crippen molar-refractivity contribution in [3.63, 3.8) is 0 Å². The lowest BCUT2D eigenvalue weighted by Crippen LogP contribution is -2.16. The highest BCUT2D eigenvalue weighted by Crippen LogP contribution is 2.65. The minimum Gasteiger partial charge on any atom is -0.492 e. The second-order valence-electron chi connectivity index (χ2n) is 30.6. The van der Waals surface area contributed by atoms with E-state index in [9.17, 15) is 47.9 Å². The third-order valence-electron chi connectivity index (χ3n) is 17.9. The fraction of sp³-hybridized carbons (Fsp3) is 0.300. The van der Waals surface area contributed by atoms with Gasteiger partial charge in [0.05, 0.1) is 188 Å². The van der Waals surface area contributed by atoms with Gasteiger partial charge in [0.25, 0.3) is 34.2 Å². The van der Waals surface area contributed by atoms with E-state index >= 15 is 0 Å². The first-order chi connectivity index (χ1) is 68.7. The van der Waals surface area contributed by atoms with Gasteiger partial charge in [0.1, 0.15) is 69.1 Å². The van der Waals surface area contributed by atoms with Gasteiger partial charge in [-0.1, -0.05) is 236 Å². The van der Waals surface area contributed by atoms with Crippen LogP contribution in [0, 0.1) is 145 Å². The van der Waals surface area contributed by atoms with Gasteiger partial charge in [-0.15, -0.1) is 0 Å². The van der Waals surface area contributed by atoms with Crippen LogP contribution >= 0.6 is 141 Å². The fourth-order valence-corrected chi connectivity index (χ4v) is 25.7. The highest BCUT2D eigenvalue weighted by atomic mass is 32.2. The molecule has 736 valence electrons. The van der Waals surface area contributed by atoms with Gasteiger partial charge in [-0.05, 0) is 111 Å². The standard InChI is InChI=1S/C20H16N2O6S2.C18H16N2O4S2.C18H20N2O2S2.2C16H12N2O4S2.C12H8N2S2/c1-11(23)4-8-16(25)27-14-6-7-15(28-17(26)9-5-12(2)24)19-18(14)29-20(30-19)13(10-21)22-3;1-9(2)16(21)23-12-6-7-13(24-17(22)10(3)4)15-14(12)25-18(26-15)11(8-19)20-5;1-11(2)9-21-14-6-7-15(22-10-12(3)4)17-16(14)23-18(24-17)13(8-19)20-5;2*1-4-12(19)21-10-6-7-11(22-13(20)5-2)15-14(10)23-16(24-15)9(8-17)18-3;1-7-4-5-8(2)11-10(7)15-12(16-11)9(6-13)14-3/h6-7H,4-5,8-9H2,1-2H3;6-7,9-10H,1-4H3;6-7,11-12H,9-10H2,1-4H3;2*6-7H,4-5H2,1-2H3;4-5H,1-2H3. The number of ketones is 2. The van der Waals surface area contributed by atoms with E-state index in [-0.39, 0.29) is 120 Å². The highest BCUT2D eigenvalue weighted by molar-refractivity contribution is 8.27. The summed E-state index contributed by atoms with van der Waals surface area (Å²) >= 11 is 15.0. The smallest absolute Gasteiger partial charge is 0.313 e. The molecule has 6 heterocycles. The minimum absolute atomic E-state index is 0.0518. The van der Waals surface area contributed by atoms with Gasteiger partial charge in [0.15, 0.2) is 0 Å². The normalized spacial score (nSPS) is 12.2. The molecule has 32 nitrogen and oxygen atoms in total. The van der Waals surface area contributed by atoms with Crippen LogP contribution in [-0.4, -0.2) is 72.5 Å². The first-order valence-electron chi connectivity index (χ1n) is 42.9. The van der Waals surface area contributed by atoms with Gasteiger partial charge in [-0.25, -0.2) is 60.6 Å². The molecule has 0 saturated carbocycles. The number of ether oxygens (including phenoxy) is 10. The zero-order valence-corrected chi connectivity index (χ0v) is 89.5. The summed E-state index contributed by atoms with van der Waals surface area (Å²) in [6.45, 7) is 72.6. The predicted octanol–water partition coefficient (Wildman–Crippen LogP) is 26.6. The topological polar surface area (TPSA) is 432 Å².